The van der Waals surface area contributed by atoms with Gasteiger partial charge in [-0.05, 0) is 48.3 Å². The Kier molecular flexibility index (Phi) is 5.37. The summed E-state index contributed by atoms with van der Waals surface area (Å²) in [6.07, 6.45) is 1.70. The van der Waals surface area contributed by atoms with E-state index in [2.05, 4.69) is 24.2 Å². The summed E-state index contributed by atoms with van der Waals surface area (Å²) in [6, 6.07) is 3.84. The molecule has 0 saturated heterocycles. The molecular weight excluding hydrogens is 268 g/mol. The van der Waals surface area contributed by atoms with Crippen LogP contribution in [0, 0.1) is 0 Å². The lowest BCUT2D eigenvalue weighted by molar-refractivity contribution is 1.09. The van der Waals surface area contributed by atoms with Crippen LogP contribution in [0.15, 0.2) is 17.1 Å². The molecule has 18 heavy (non-hydrogen) atoms. The molecule has 0 radical (unpaired) electrons. The summed E-state index contributed by atoms with van der Waals surface area (Å²) in [4.78, 5) is 3.81. The smallest absolute Gasteiger partial charge is 0.200 e. The van der Waals surface area contributed by atoms with Gasteiger partial charge in [0.2, 0.25) is 5.11 Å². The van der Waals surface area contributed by atoms with Crippen LogP contribution in [0.25, 0.3) is 0 Å². The third kappa shape index (κ3) is 3.85. The maximum absolute atomic E-state index is 6.07. The molecular formula is C12H17ClN4S. The molecule has 0 heterocycles. The first-order valence-electron chi connectivity index (χ1n) is 5.69. The van der Waals surface area contributed by atoms with E-state index < -0.39 is 0 Å². The minimum absolute atomic E-state index is 0.0578. The van der Waals surface area contributed by atoms with Crippen molar-refractivity contribution < 1.29 is 0 Å². The number of hydrogen-bond donors (Lipinski definition) is 3. The Morgan fingerprint density at radius 3 is 2.17 bits per heavy atom. The van der Waals surface area contributed by atoms with Crippen molar-refractivity contribution >= 4 is 40.6 Å². The van der Waals surface area contributed by atoms with Crippen molar-refractivity contribution in [3.8, 4) is 0 Å². The number of benzene rings is 1. The third-order valence-electron chi connectivity index (χ3n) is 2.49. The molecule has 6 heteroatoms. The number of nitrogens with zero attached hydrogens (tertiary/aromatic N) is 1. The van der Waals surface area contributed by atoms with E-state index in [0.717, 1.165) is 34.7 Å². The summed E-state index contributed by atoms with van der Waals surface area (Å²) < 4.78 is 0. The zero-order valence-corrected chi connectivity index (χ0v) is 12.0. The molecule has 0 atom stereocenters. The molecule has 0 saturated carbocycles. The van der Waals surface area contributed by atoms with Crippen molar-refractivity contribution in [3.05, 3.63) is 28.3 Å². The molecule has 0 bridgehead atoms. The van der Waals surface area contributed by atoms with E-state index in [1.54, 1.807) is 0 Å². The monoisotopic (exact) mass is 284 g/mol. The Morgan fingerprint density at radius 1 is 1.28 bits per heavy atom. The molecule has 5 N–H and O–H groups in total. The van der Waals surface area contributed by atoms with Crippen molar-refractivity contribution in [1.29, 1.82) is 0 Å². The van der Waals surface area contributed by atoms with E-state index in [0.29, 0.717) is 0 Å². The van der Waals surface area contributed by atoms with Gasteiger partial charge >= 0.3 is 0 Å². The molecule has 1 rings (SSSR count). The van der Waals surface area contributed by atoms with Gasteiger partial charge in [-0.15, -0.1) is 0 Å². The minimum Gasteiger partial charge on any atom is -0.370 e. The summed E-state index contributed by atoms with van der Waals surface area (Å²) in [6.45, 7) is 4.11. The van der Waals surface area contributed by atoms with Crippen LogP contribution >= 0.6 is 23.8 Å². The first kappa shape index (κ1) is 14.7. The van der Waals surface area contributed by atoms with Crippen LogP contribution in [0.5, 0.6) is 0 Å². The number of nitrogens with two attached hydrogens (primary N) is 2. The first-order chi connectivity index (χ1) is 8.47. The average molecular weight is 285 g/mol. The zero-order chi connectivity index (χ0) is 13.7. The molecule has 0 unspecified atom stereocenters. The minimum atomic E-state index is -0.0578. The number of aryl methyl sites for hydroxylation is 2. The van der Waals surface area contributed by atoms with E-state index in [4.69, 9.17) is 35.3 Å². The maximum Gasteiger partial charge on any atom is 0.200 e. The number of hydrogen-bond acceptors (Lipinski definition) is 1. The lowest BCUT2D eigenvalue weighted by atomic mass is 10.0. The second-order valence-electron chi connectivity index (χ2n) is 3.77. The summed E-state index contributed by atoms with van der Waals surface area (Å²) in [5.41, 5.74) is 13.7. The molecule has 4 nitrogen and oxygen atoms in total. The molecule has 0 fully saturated rings. The van der Waals surface area contributed by atoms with Gasteiger partial charge in [-0.3, -0.25) is 0 Å². The maximum atomic E-state index is 6.07. The van der Waals surface area contributed by atoms with Crippen LogP contribution in [0.4, 0.5) is 5.69 Å². The summed E-state index contributed by atoms with van der Waals surface area (Å²) in [5.74, 6) is -0.0578. The number of halogens is 1. The highest BCUT2D eigenvalue weighted by molar-refractivity contribution is 7.80. The lowest BCUT2D eigenvalue weighted by Crippen LogP contribution is -2.25. The lowest BCUT2D eigenvalue weighted by Gasteiger charge is -2.15. The SMILES string of the molecule is CCc1cc(Cl)cc(CC)c1NC(=S)N=C(N)N. The normalized spacial score (nSPS) is 9.94. The van der Waals surface area contributed by atoms with Gasteiger partial charge in [0.05, 0.1) is 0 Å². The van der Waals surface area contributed by atoms with Gasteiger partial charge in [0, 0.05) is 10.7 Å². The highest BCUT2D eigenvalue weighted by atomic mass is 35.5. The third-order valence-corrected chi connectivity index (χ3v) is 2.90. The van der Waals surface area contributed by atoms with Crippen LogP contribution in [0.2, 0.25) is 5.02 Å². The van der Waals surface area contributed by atoms with Gasteiger partial charge in [0.15, 0.2) is 5.96 Å². The Morgan fingerprint density at radius 2 is 1.78 bits per heavy atom. The molecule has 98 valence electrons. The Hall–Kier alpha value is -1.33. The number of guanidine groups is 1. The van der Waals surface area contributed by atoms with Crippen LogP contribution in [-0.2, 0) is 12.8 Å². The van der Waals surface area contributed by atoms with E-state index >= 15 is 0 Å². The zero-order valence-electron chi connectivity index (χ0n) is 10.5. The summed E-state index contributed by atoms with van der Waals surface area (Å²) in [5, 5.41) is 4.04. The van der Waals surface area contributed by atoms with Gasteiger partial charge in [-0.2, -0.15) is 4.99 Å². The largest absolute Gasteiger partial charge is 0.370 e. The van der Waals surface area contributed by atoms with E-state index in [9.17, 15) is 0 Å². The second kappa shape index (κ2) is 6.56. The average Bonchev–Trinajstić information content (AvgIpc) is 2.29. The van der Waals surface area contributed by atoms with Crippen molar-refractivity contribution in [2.75, 3.05) is 5.32 Å². The Balaban J connectivity index is 3.14. The van der Waals surface area contributed by atoms with Gasteiger partial charge < -0.3 is 16.8 Å². The van der Waals surface area contributed by atoms with E-state index in [1.165, 1.54) is 0 Å². The van der Waals surface area contributed by atoms with Gasteiger partial charge in [-0.1, -0.05) is 25.4 Å². The molecule has 1 aromatic rings. The number of nitrogens with one attached hydrogen (secondary N) is 1. The van der Waals surface area contributed by atoms with Crippen molar-refractivity contribution in [2.45, 2.75) is 26.7 Å². The number of thiocarbonyl (C=S) groups is 1. The topological polar surface area (TPSA) is 76.4 Å². The summed E-state index contributed by atoms with van der Waals surface area (Å²) >= 11 is 11.1. The molecule has 0 spiro atoms. The fourth-order valence-corrected chi connectivity index (χ4v) is 2.17. The van der Waals surface area contributed by atoms with Crippen LogP contribution in [-0.4, -0.2) is 11.1 Å². The van der Waals surface area contributed by atoms with E-state index in [1.807, 2.05) is 12.1 Å². The molecule has 0 aromatic heterocycles. The molecule has 0 aliphatic carbocycles. The van der Waals surface area contributed by atoms with Gasteiger partial charge in [0.1, 0.15) is 0 Å². The molecule has 0 aliphatic heterocycles. The molecule has 1 aromatic carbocycles. The van der Waals surface area contributed by atoms with Gasteiger partial charge in [0.25, 0.3) is 0 Å². The van der Waals surface area contributed by atoms with E-state index in [-0.39, 0.29) is 11.1 Å². The number of aliphatic imine (C=N–C) groups is 1. The quantitative estimate of drug-likeness (QED) is 0.453. The fourth-order valence-electron chi connectivity index (χ4n) is 1.70. The predicted molar refractivity (Wildman–Crippen MR) is 82.2 cm³/mol. The molecule has 0 amide bonds. The number of rotatable bonds is 3. The van der Waals surface area contributed by atoms with Crippen LogP contribution in [0.1, 0.15) is 25.0 Å². The Bertz CT molecular complexity index is 456. The second-order valence-corrected chi connectivity index (χ2v) is 4.60. The summed E-state index contributed by atoms with van der Waals surface area (Å²) in [7, 11) is 0. The van der Waals surface area contributed by atoms with Crippen molar-refractivity contribution in [3.63, 3.8) is 0 Å². The van der Waals surface area contributed by atoms with Crippen LogP contribution < -0.4 is 16.8 Å². The first-order valence-corrected chi connectivity index (χ1v) is 6.48. The van der Waals surface area contributed by atoms with Crippen LogP contribution in [0.3, 0.4) is 0 Å². The molecule has 0 aliphatic rings. The van der Waals surface area contributed by atoms with Gasteiger partial charge in [-0.25, -0.2) is 0 Å². The standard InChI is InChI=1S/C12H17ClN4S/c1-3-7-5-9(13)6-8(4-2)10(7)16-12(18)17-11(14)15/h5-6H,3-4H2,1-2H3,(H5,14,15,16,17,18). The predicted octanol–water partition coefficient (Wildman–Crippen LogP) is 2.43. The number of anilines is 1. The fraction of sp³-hybridized carbons (Fsp3) is 0.333. The van der Waals surface area contributed by atoms with Crippen molar-refractivity contribution in [1.82, 2.24) is 0 Å². The van der Waals surface area contributed by atoms with Crippen molar-refractivity contribution in [2.24, 2.45) is 16.5 Å². The highest BCUT2D eigenvalue weighted by Crippen LogP contribution is 2.27. The highest BCUT2D eigenvalue weighted by Gasteiger charge is 2.09. The Labute approximate surface area is 117 Å².